The van der Waals surface area contributed by atoms with Crippen LogP contribution in [0.15, 0.2) is 18.2 Å². The van der Waals surface area contributed by atoms with Gasteiger partial charge in [-0.25, -0.2) is 0 Å². The Labute approximate surface area is 128 Å². The predicted molar refractivity (Wildman–Crippen MR) is 85.8 cm³/mol. The highest BCUT2D eigenvalue weighted by Crippen LogP contribution is 2.27. The summed E-state index contributed by atoms with van der Waals surface area (Å²) in [6.45, 7) is 12.2. The van der Waals surface area contributed by atoms with Crippen molar-refractivity contribution in [1.82, 2.24) is 10.2 Å². The maximum absolute atomic E-state index is 10.7. The van der Waals surface area contributed by atoms with E-state index >= 15 is 0 Å². The number of nitrogens with one attached hydrogen (secondary N) is 1. The Balaban J connectivity index is 2.09. The molecular weight excluding hydrogens is 264 g/mol. The normalized spacial score (nSPS) is 19.5. The van der Waals surface area contributed by atoms with Crippen molar-refractivity contribution in [2.45, 2.75) is 45.9 Å². The van der Waals surface area contributed by atoms with Gasteiger partial charge in [-0.2, -0.15) is 0 Å². The first-order valence-electron chi connectivity index (χ1n) is 7.89. The molecule has 2 unspecified atom stereocenters. The van der Waals surface area contributed by atoms with Crippen LogP contribution in [0.3, 0.4) is 0 Å². The van der Waals surface area contributed by atoms with Crippen LogP contribution in [-0.2, 0) is 0 Å². The van der Waals surface area contributed by atoms with Crippen LogP contribution in [-0.4, -0.2) is 48.3 Å². The smallest absolute Gasteiger partial charge is 0.119 e. The SMILES string of the molecule is Cc1cc(OC(C)C)ccc1C(O)C(C)N1CCNCC1. The second-order valence-corrected chi connectivity index (χ2v) is 6.16. The number of aliphatic hydroxyl groups is 1. The van der Waals surface area contributed by atoms with Gasteiger partial charge in [-0.15, -0.1) is 0 Å². The molecule has 0 aromatic heterocycles. The molecule has 1 saturated heterocycles. The van der Waals surface area contributed by atoms with E-state index in [9.17, 15) is 5.11 Å². The zero-order chi connectivity index (χ0) is 15.4. The average molecular weight is 292 g/mol. The van der Waals surface area contributed by atoms with Crippen molar-refractivity contribution in [3.63, 3.8) is 0 Å². The zero-order valence-electron chi connectivity index (χ0n) is 13.6. The van der Waals surface area contributed by atoms with E-state index in [-0.39, 0.29) is 12.1 Å². The fourth-order valence-corrected chi connectivity index (χ4v) is 2.87. The molecule has 0 saturated carbocycles. The Morgan fingerprint density at radius 3 is 2.43 bits per heavy atom. The summed E-state index contributed by atoms with van der Waals surface area (Å²) in [5.41, 5.74) is 2.08. The van der Waals surface area contributed by atoms with Crippen molar-refractivity contribution in [3.8, 4) is 5.75 Å². The fourth-order valence-electron chi connectivity index (χ4n) is 2.87. The Bertz CT molecular complexity index is 456. The molecule has 0 aliphatic carbocycles. The van der Waals surface area contributed by atoms with E-state index < -0.39 is 6.10 Å². The van der Waals surface area contributed by atoms with Gasteiger partial charge in [0, 0.05) is 32.2 Å². The van der Waals surface area contributed by atoms with Gasteiger partial charge in [-0.1, -0.05) is 6.07 Å². The molecular formula is C17H28N2O2. The van der Waals surface area contributed by atoms with Gasteiger partial charge in [0.05, 0.1) is 12.2 Å². The number of ether oxygens (including phenoxy) is 1. The highest BCUT2D eigenvalue weighted by Gasteiger charge is 2.25. The highest BCUT2D eigenvalue weighted by atomic mass is 16.5. The molecule has 0 radical (unpaired) electrons. The van der Waals surface area contributed by atoms with Crippen LogP contribution in [0.1, 0.15) is 38.0 Å². The van der Waals surface area contributed by atoms with E-state index in [4.69, 9.17) is 4.74 Å². The summed E-state index contributed by atoms with van der Waals surface area (Å²) < 4.78 is 5.71. The summed E-state index contributed by atoms with van der Waals surface area (Å²) in [5, 5.41) is 14.0. The van der Waals surface area contributed by atoms with E-state index in [1.165, 1.54) is 0 Å². The molecule has 1 aromatic carbocycles. The van der Waals surface area contributed by atoms with Crippen molar-refractivity contribution < 1.29 is 9.84 Å². The van der Waals surface area contributed by atoms with Gasteiger partial charge in [-0.3, -0.25) is 4.90 Å². The second kappa shape index (κ2) is 7.25. The zero-order valence-corrected chi connectivity index (χ0v) is 13.6. The van der Waals surface area contributed by atoms with Crippen LogP contribution in [0.2, 0.25) is 0 Å². The van der Waals surface area contributed by atoms with Gasteiger partial charge in [0.15, 0.2) is 0 Å². The molecule has 21 heavy (non-hydrogen) atoms. The van der Waals surface area contributed by atoms with Crippen LogP contribution in [0.5, 0.6) is 5.75 Å². The summed E-state index contributed by atoms with van der Waals surface area (Å²) in [6, 6.07) is 6.10. The van der Waals surface area contributed by atoms with Crippen LogP contribution in [0.25, 0.3) is 0 Å². The van der Waals surface area contributed by atoms with Gasteiger partial charge >= 0.3 is 0 Å². The lowest BCUT2D eigenvalue weighted by atomic mass is 9.97. The molecule has 1 heterocycles. The maximum atomic E-state index is 10.7. The Morgan fingerprint density at radius 1 is 1.19 bits per heavy atom. The molecule has 0 amide bonds. The van der Waals surface area contributed by atoms with Gasteiger partial charge in [0.2, 0.25) is 0 Å². The number of aliphatic hydroxyl groups excluding tert-OH is 1. The molecule has 0 bridgehead atoms. The third-order valence-electron chi connectivity index (χ3n) is 4.12. The van der Waals surface area contributed by atoms with Crippen molar-refractivity contribution in [1.29, 1.82) is 0 Å². The molecule has 118 valence electrons. The highest BCUT2D eigenvalue weighted by molar-refractivity contribution is 5.36. The molecule has 4 heteroatoms. The first-order chi connectivity index (χ1) is 9.99. The lowest BCUT2D eigenvalue weighted by Crippen LogP contribution is -2.49. The van der Waals surface area contributed by atoms with Crippen LogP contribution in [0.4, 0.5) is 0 Å². The molecule has 2 N–H and O–H groups in total. The molecule has 0 spiro atoms. The van der Waals surface area contributed by atoms with Gasteiger partial charge in [0.1, 0.15) is 5.75 Å². The van der Waals surface area contributed by atoms with E-state index in [2.05, 4.69) is 17.1 Å². The minimum absolute atomic E-state index is 0.127. The standard InChI is InChI=1S/C17H28N2O2/c1-12(2)21-15-5-6-16(13(3)11-15)17(20)14(4)19-9-7-18-8-10-19/h5-6,11-12,14,17-18,20H,7-10H2,1-4H3. The molecule has 1 aliphatic rings. The van der Waals surface area contributed by atoms with Crippen molar-refractivity contribution >= 4 is 0 Å². The van der Waals surface area contributed by atoms with Gasteiger partial charge < -0.3 is 15.2 Å². The third-order valence-corrected chi connectivity index (χ3v) is 4.12. The summed E-state index contributed by atoms with van der Waals surface area (Å²) in [6.07, 6.45) is -0.295. The minimum atomic E-state index is -0.462. The van der Waals surface area contributed by atoms with E-state index in [0.717, 1.165) is 43.1 Å². The Kier molecular flexibility index (Phi) is 5.62. The monoisotopic (exact) mass is 292 g/mol. The second-order valence-electron chi connectivity index (χ2n) is 6.16. The van der Waals surface area contributed by atoms with Crippen molar-refractivity contribution in [2.24, 2.45) is 0 Å². The number of nitrogens with zero attached hydrogens (tertiary/aromatic N) is 1. The van der Waals surface area contributed by atoms with E-state index in [1.807, 2.05) is 39.0 Å². The molecule has 2 rings (SSSR count). The fraction of sp³-hybridized carbons (Fsp3) is 0.647. The molecule has 1 aliphatic heterocycles. The van der Waals surface area contributed by atoms with Gasteiger partial charge in [-0.05, 0) is 51.0 Å². The number of aryl methyl sites for hydroxylation is 1. The Morgan fingerprint density at radius 2 is 1.86 bits per heavy atom. The summed E-state index contributed by atoms with van der Waals surface area (Å²) in [4.78, 5) is 2.35. The molecule has 4 nitrogen and oxygen atoms in total. The summed E-state index contributed by atoms with van der Waals surface area (Å²) in [7, 11) is 0. The number of rotatable bonds is 5. The van der Waals surface area contributed by atoms with E-state index in [1.54, 1.807) is 0 Å². The number of piperazine rings is 1. The first kappa shape index (κ1) is 16.3. The van der Waals surface area contributed by atoms with Gasteiger partial charge in [0.25, 0.3) is 0 Å². The lowest BCUT2D eigenvalue weighted by Gasteiger charge is -2.35. The number of benzene rings is 1. The number of hydrogen-bond acceptors (Lipinski definition) is 4. The molecule has 1 fully saturated rings. The topological polar surface area (TPSA) is 44.7 Å². The third kappa shape index (κ3) is 4.19. The maximum Gasteiger partial charge on any atom is 0.119 e. The predicted octanol–water partition coefficient (Wildman–Crippen LogP) is 2.11. The summed E-state index contributed by atoms with van der Waals surface area (Å²) in [5.74, 6) is 0.869. The van der Waals surface area contributed by atoms with Crippen molar-refractivity contribution in [2.75, 3.05) is 26.2 Å². The average Bonchev–Trinajstić information content (AvgIpc) is 2.46. The van der Waals surface area contributed by atoms with Crippen molar-refractivity contribution in [3.05, 3.63) is 29.3 Å². The molecule has 2 atom stereocenters. The van der Waals surface area contributed by atoms with Crippen LogP contribution < -0.4 is 10.1 Å². The quantitative estimate of drug-likeness (QED) is 0.872. The summed E-state index contributed by atoms with van der Waals surface area (Å²) >= 11 is 0. The lowest BCUT2D eigenvalue weighted by molar-refractivity contribution is 0.0506. The van der Waals surface area contributed by atoms with E-state index in [0.29, 0.717) is 0 Å². The van der Waals surface area contributed by atoms with Crippen LogP contribution >= 0.6 is 0 Å². The largest absolute Gasteiger partial charge is 0.491 e. The Hall–Kier alpha value is -1.10. The van der Waals surface area contributed by atoms with Crippen LogP contribution in [0, 0.1) is 6.92 Å². The first-order valence-corrected chi connectivity index (χ1v) is 7.89. The molecule has 1 aromatic rings. The number of hydrogen-bond donors (Lipinski definition) is 2. The minimum Gasteiger partial charge on any atom is -0.491 e.